The van der Waals surface area contributed by atoms with E-state index < -0.39 is 0 Å². The maximum atomic E-state index is 5.92. The van der Waals surface area contributed by atoms with Gasteiger partial charge >= 0.3 is 0 Å². The number of halogens is 1. The van der Waals surface area contributed by atoms with Gasteiger partial charge in [-0.05, 0) is 19.1 Å². The number of nitrogens with zero attached hydrogens (tertiary/aromatic N) is 3. The Morgan fingerprint density at radius 1 is 1.56 bits per heavy atom. The zero-order valence-corrected chi connectivity index (χ0v) is 10.1. The summed E-state index contributed by atoms with van der Waals surface area (Å²) in [7, 11) is 0. The molecular weight excluding hydrogens is 244 g/mol. The molecule has 0 radical (unpaired) electrons. The summed E-state index contributed by atoms with van der Waals surface area (Å²) in [6.45, 7) is 1.83. The molecule has 6 heteroatoms. The Labute approximate surface area is 103 Å². The average Bonchev–Trinajstić information content (AvgIpc) is 2.59. The highest BCUT2D eigenvalue weighted by molar-refractivity contribution is 7.80. The number of hydrogen-bond acceptors (Lipinski definition) is 3. The minimum atomic E-state index is 0.332. The second-order valence-corrected chi connectivity index (χ2v) is 4.12. The van der Waals surface area contributed by atoms with Crippen molar-refractivity contribution in [1.29, 1.82) is 0 Å². The molecule has 0 aliphatic heterocycles. The number of thiocarbonyl (C=S) groups is 1. The Hall–Kier alpha value is -1.46. The molecule has 2 aromatic heterocycles. The molecule has 0 aliphatic carbocycles. The lowest BCUT2D eigenvalue weighted by Crippen LogP contribution is -2.10. The maximum Gasteiger partial charge on any atom is 0.154 e. The molecule has 0 spiro atoms. The lowest BCUT2D eigenvalue weighted by atomic mass is 10.2. The molecule has 0 saturated carbocycles. The van der Waals surface area contributed by atoms with E-state index in [1.165, 1.54) is 0 Å². The lowest BCUT2D eigenvalue weighted by molar-refractivity contribution is 0.832. The molecule has 2 aromatic rings. The van der Waals surface area contributed by atoms with Crippen molar-refractivity contribution in [2.75, 3.05) is 0 Å². The Kier molecular flexibility index (Phi) is 2.89. The van der Waals surface area contributed by atoms with Crippen molar-refractivity contribution in [2.24, 2.45) is 5.73 Å². The standard InChI is InChI=1S/C10H9ClN4S/c1-6-8(11)5-15(14-6)9-4-7(10(12)16)2-3-13-9/h2-5H,1H3,(H2,12,16). The smallest absolute Gasteiger partial charge is 0.154 e. The highest BCUT2D eigenvalue weighted by Gasteiger charge is 2.06. The second-order valence-electron chi connectivity index (χ2n) is 3.27. The molecule has 2 N–H and O–H groups in total. The van der Waals surface area contributed by atoms with E-state index in [9.17, 15) is 0 Å². The van der Waals surface area contributed by atoms with Crippen LogP contribution in [0.1, 0.15) is 11.3 Å². The molecule has 0 bridgehead atoms. The van der Waals surface area contributed by atoms with Gasteiger partial charge < -0.3 is 5.73 Å². The van der Waals surface area contributed by atoms with Crippen molar-refractivity contribution in [3.8, 4) is 5.82 Å². The van der Waals surface area contributed by atoms with Crippen LogP contribution in [0.3, 0.4) is 0 Å². The Balaban J connectivity index is 2.48. The molecule has 0 amide bonds. The molecule has 0 fully saturated rings. The van der Waals surface area contributed by atoms with E-state index in [-0.39, 0.29) is 0 Å². The summed E-state index contributed by atoms with van der Waals surface area (Å²) in [6, 6.07) is 3.52. The highest BCUT2D eigenvalue weighted by atomic mass is 35.5. The molecule has 0 saturated heterocycles. The summed E-state index contributed by atoms with van der Waals surface area (Å²) >= 11 is 10.8. The third-order valence-electron chi connectivity index (χ3n) is 2.10. The molecule has 0 unspecified atom stereocenters. The predicted molar refractivity (Wildman–Crippen MR) is 67.0 cm³/mol. The zero-order valence-electron chi connectivity index (χ0n) is 8.51. The number of hydrogen-bond donors (Lipinski definition) is 1. The van der Waals surface area contributed by atoms with Crippen LogP contribution in [0.2, 0.25) is 5.02 Å². The highest BCUT2D eigenvalue weighted by Crippen LogP contribution is 2.15. The Morgan fingerprint density at radius 3 is 2.88 bits per heavy atom. The third-order valence-corrected chi connectivity index (χ3v) is 2.71. The van der Waals surface area contributed by atoms with Crippen LogP contribution in [0.15, 0.2) is 24.5 Å². The summed E-state index contributed by atoms with van der Waals surface area (Å²) in [5.41, 5.74) is 7.05. The third kappa shape index (κ3) is 2.05. The van der Waals surface area contributed by atoms with E-state index in [1.54, 1.807) is 29.2 Å². The van der Waals surface area contributed by atoms with Crippen LogP contribution in [-0.2, 0) is 0 Å². The maximum absolute atomic E-state index is 5.92. The van der Waals surface area contributed by atoms with Crippen molar-refractivity contribution >= 4 is 28.8 Å². The van der Waals surface area contributed by atoms with Crippen LogP contribution < -0.4 is 5.73 Å². The van der Waals surface area contributed by atoms with Gasteiger partial charge in [0.1, 0.15) is 4.99 Å². The Bertz CT molecular complexity index is 530. The average molecular weight is 253 g/mol. The van der Waals surface area contributed by atoms with Gasteiger partial charge in [-0.1, -0.05) is 23.8 Å². The first kappa shape index (κ1) is 11.0. The molecule has 2 heterocycles. The molecular formula is C10H9ClN4S. The van der Waals surface area contributed by atoms with E-state index in [2.05, 4.69) is 10.1 Å². The van der Waals surface area contributed by atoms with Gasteiger partial charge in [-0.15, -0.1) is 0 Å². The van der Waals surface area contributed by atoms with E-state index in [0.29, 0.717) is 15.8 Å². The minimum Gasteiger partial charge on any atom is -0.389 e. The molecule has 0 aliphatic rings. The molecule has 2 rings (SSSR count). The van der Waals surface area contributed by atoms with E-state index >= 15 is 0 Å². The van der Waals surface area contributed by atoms with Gasteiger partial charge in [0.05, 0.1) is 16.9 Å². The van der Waals surface area contributed by atoms with Gasteiger partial charge in [-0.2, -0.15) is 5.10 Å². The van der Waals surface area contributed by atoms with E-state index in [0.717, 1.165) is 11.3 Å². The first-order chi connectivity index (χ1) is 7.58. The SMILES string of the molecule is Cc1nn(-c2cc(C(N)=S)ccn2)cc1Cl. The lowest BCUT2D eigenvalue weighted by Gasteiger charge is -2.02. The fourth-order valence-electron chi connectivity index (χ4n) is 1.25. The van der Waals surface area contributed by atoms with Gasteiger partial charge in [0.15, 0.2) is 5.82 Å². The van der Waals surface area contributed by atoms with Crippen LogP contribution in [0, 0.1) is 6.92 Å². The van der Waals surface area contributed by atoms with Crippen molar-refractivity contribution in [1.82, 2.24) is 14.8 Å². The molecule has 82 valence electrons. The fraction of sp³-hybridized carbons (Fsp3) is 0.100. The number of nitrogens with two attached hydrogens (primary N) is 1. The topological polar surface area (TPSA) is 56.7 Å². The summed E-state index contributed by atoms with van der Waals surface area (Å²) in [5, 5.41) is 4.82. The number of aryl methyl sites for hydroxylation is 1. The first-order valence-electron chi connectivity index (χ1n) is 4.56. The normalized spacial score (nSPS) is 10.4. The summed E-state index contributed by atoms with van der Waals surface area (Å²) < 4.78 is 1.60. The summed E-state index contributed by atoms with van der Waals surface area (Å²) in [6.07, 6.45) is 3.33. The number of aromatic nitrogens is 3. The summed E-state index contributed by atoms with van der Waals surface area (Å²) in [4.78, 5) is 4.51. The predicted octanol–water partition coefficient (Wildman–Crippen LogP) is 1.86. The van der Waals surface area contributed by atoms with Gasteiger partial charge in [0, 0.05) is 11.8 Å². The molecule has 16 heavy (non-hydrogen) atoms. The second kappa shape index (κ2) is 4.19. The first-order valence-corrected chi connectivity index (χ1v) is 5.34. The Morgan fingerprint density at radius 2 is 2.31 bits per heavy atom. The summed E-state index contributed by atoms with van der Waals surface area (Å²) in [5.74, 6) is 0.639. The van der Waals surface area contributed by atoms with Crippen molar-refractivity contribution in [3.63, 3.8) is 0 Å². The quantitative estimate of drug-likeness (QED) is 0.829. The van der Waals surface area contributed by atoms with Crippen LogP contribution >= 0.6 is 23.8 Å². The van der Waals surface area contributed by atoms with Crippen LogP contribution in [-0.4, -0.2) is 19.8 Å². The van der Waals surface area contributed by atoms with E-state index in [1.807, 2.05) is 6.92 Å². The van der Waals surface area contributed by atoms with Crippen LogP contribution in [0.25, 0.3) is 5.82 Å². The van der Waals surface area contributed by atoms with Crippen LogP contribution in [0.4, 0.5) is 0 Å². The molecule has 0 aromatic carbocycles. The fourth-order valence-corrected chi connectivity index (χ4v) is 1.51. The number of pyridine rings is 1. The molecule has 0 atom stereocenters. The number of rotatable bonds is 2. The van der Waals surface area contributed by atoms with Gasteiger partial charge in [0.2, 0.25) is 0 Å². The van der Waals surface area contributed by atoms with Crippen molar-refractivity contribution in [3.05, 3.63) is 40.8 Å². The van der Waals surface area contributed by atoms with Gasteiger partial charge in [0.25, 0.3) is 0 Å². The van der Waals surface area contributed by atoms with E-state index in [4.69, 9.17) is 29.6 Å². The minimum absolute atomic E-state index is 0.332. The zero-order chi connectivity index (χ0) is 11.7. The largest absolute Gasteiger partial charge is 0.389 e. The van der Waals surface area contributed by atoms with Crippen LogP contribution in [0.5, 0.6) is 0 Å². The van der Waals surface area contributed by atoms with Gasteiger partial charge in [-0.25, -0.2) is 9.67 Å². The van der Waals surface area contributed by atoms with Crippen molar-refractivity contribution < 1.29 is 0 Å². The van der Waals surface area contributed by atoms with Crippen molar-refractivity contribution in [2.45, 2.75) is 6.92 Å². The monoisotopic (exact) mass is 252 g/mol. The van der Waals surface area contributed by atoms with Gasteiger partial charge in [-0.3, -0.25) is 0 Å². The molecule has 4 nitrogen and oxygen atoms in total.